The van der Waals surface area contributed by atoms with Crippen LogP contribution in [0, 0.1) is 0 Å². The lowest BCUT2D eigenvalue weighted by Crippen LogP contribution is -2.21. The number of nitrogens with one attached hydrogen (secondary N) is 1. The third kappa shape index (κ3) is 3.35. The highest BCUT2D eigenvalue weighted by Gasteiger charge is 2.13. The molecule has 0 aliphatic carbocycles. The number of ether oxygens (including phenoxy) is 1. The first-order valence-corrected chi connectivity index (χ1v) is 6.59. The van der Waals surface area contributed by atoms with Gasteiger partial charge in [-0.05, 0) is 18.6 Å². The second-order valence-electron chi connectivity index (χ2n) is 4.56. The van der Waals surface area contributed by atoms with E-state index >= 15 is 0 Å². The predicted molar refractivity (Wildman–Crippen MR) is 76.1 cm³/mol. The quantitative estimate of drug-likeness (QED) is 0.867. The van der Waals surface area contributed by atoms with E-state index in [9.17, 15) is 0 Å². The predicted octanol–water partition coefficient (Wildman–Crippen LogP) is 2.67. The molecule has 0 aliphatic rings. The van der Waals surface area contributed by atoms with Gasteiger partial charge in [0.2, 0.25) is 0 Å². The molecule has 4 heteroatoms. The van der Waals surface area contributed by atoms with Crippen molar-refractivity contribution in [2.24, 2.45) is 7.05 Å². The van der Waals surface area contributed by atoms with Crippen LogP contribution in [0.1, 0.15) is 30.6 Å². The minimum absolute atomic E-state index is 0.276. The second kappa shape index (κ2) is 6.38. The van der Waals surface area contributed by atoms with Crippen LogP contribution in [0.15, 0.2) is 36.5 Å². The van der Waals surface area contributed by atoms with E-state index in [-0.39, 0.29) is 6.04 Å². The molecule has 2 aromatic rings. The molecule has 0 saturated carbocycles. The van der Waals surface area contributed by atoms with Crippen molar-refractivity contribution < 1.29 is 4.74 Å². The van der Waals surface area contributed by atoms with Gasteiger partial charge < -0.3 is 10.1 Å². The molecular formula is C15H21N3O. The average molecular weight is 259 g/mol. The molecule has 4 nitrogen and oxygen atoms in total. The van der Waals surface area contributed by atoms with Crippen molar-refractivity contribution in [3.05, 3.63) is 47.8 Å². The Morgan fingerprint density at radius 1 is 1.32 bits per heavy atom. The lowest BCUT2D eigenvalue weighted by atomic mass is 10.0. The molecule has 0 bridgehead atoms. The van der Waals surface area contributed by atoms with Gasteiger partial charge in [-0.2, -0.15) is 5.10 Å². The van der Waals surface area contributed by atoms with Crippen molar-refractivity contribution in [2.45, 2.75) is 25.9 Å². The smallest absolute Gasteiger partial charge is 0.123 e. The summed E-state index contributed by atoms with van der Waals surface area (Å²) in [5.41, 5.74) is 2.25. The number of aryl methyl sites for hydroxylation is 1. The summed E-state index contributed by atoms with van der Waals surface area (Å²) >= 11 is 0. The molecule has 1 aromatic carbocycles. The Labute approximate surface area is 114 Å². The van der Waals surface area contributed by atoms with Gasteiger partial charge in [0.1, 0.15) is 5.75 Å². The van der Waals surface area contributed by atoms with Crippen LogP contribution in [0.3, 0.4) is 0 Å². The van der Waals surface area contributed by atoms with Gasteiger partial charge in [-0.1, -0.05) is 25.1 Å². The minimum Gasteiger partial charge on any atom is -0.496 e. The first-order valence-electron chi connectivity index (χ1n) is 6.59. The molecule has 0 radical (unpaired) electrons. The summed E-state index contributed by atoms with van der Waals surface area (Å²) in [7, 11) is 3.64. The van der Waals surface area contributed by atoms with Crippen LogP contribution in [-0.2, 0) is 13.6 Å². The van der Waals surface area contributed by atoms with Crippen molar-refractivity contribution in [3.8, 4) is 5.75 Å². The van der Waals surface area contributed by atoms with E-state index in [1.54, 1.807) is 7.11 Å². The monoisotopic (exact) mass is 259 g/mol. The maximum atomic E-state index is 5.42. The maximum absolute atomic E-state index is 5.42. The number of para-hydroxylation sites is 1. The van der Waals surface area contributed by atoms with Gasteiger partial charge >= 0.3 is 0 Å². The minimum atomic E-state index is 0.276. The Bertz CT molecular complexity index is 522. The Kier molecular flexibility index (Phi) is 4.58. The molecular weight excluding hydrogens is 238 g/mol. The number of hydrogen-bond acceptors (Lipinski definition) is 3. The van der Waals surface area contributed by atoms with E-state index in [0.717, 1.165) is 24.4 Å². The number of benzene rings is 1. The van der Waals surface area contributed by atoms with Gasteiger partial charge in [-0.25, -0.2) is 0 Å². The molecule has 0 saturated heterocycles. The fourth-order valence-electron chi connectivity index (χ4n) is 2.21. The molecule has 0 spiro atoms. The van der Waals surface area contributed by atoms with Gasteiger partial charge in [-0.3, -0.25) is 4.68 Å². The van der Waals surface area contributed by atoms with Crippen LogP contribution in [0.4, 0.5) is 0 Å². The number of hydrogen-bond donors (Lipinski definition) is 1. The van der Waals surface area contributed by atoms with Crippen LogP contribution in [-0.4, -0.2) is 16.9 Å². The third-order valence-corrected chi connectivity index (χ3v) is 3.22. The molecule has 0 aliphatic heterocycles. The van der Waals surface area contributed by atoms with Crippen LogP contribution in [0.2, 0.25) is 0 Å². The molecule has 0 fully saturated rings. The zero-order valence-electron chi connectivity index (χ0n) is 11.8. The summed E-state index contributed by atoms with van der Waals surface area (Å²) in [6.07, 6.45) is 2.97. The molecule has 1 heterocycles. The first-order chi connectivity index (χ1) is 9.24. The summed E-state index contributed by atoms with van der Waals surface area (Å²) in [6, 6.07) is 10.5. The van der Waals surface area contributed by atoms with Gasteiger partial charge in [0.25, 0.3) is 0 Å². The van der Waals surface area contributed by atoms with Crippen LogP contribution in [0.25, 0.3) is 0 Å². The Hall–Kier alpha value is -1.81. The zero-order chi connectivity index (χ0) is 13.7. The summed E-state index contributed by atoms with van der Waals surface area (Å²) in [5, 5.41) is 7.91. The van der Waals surface area contributed by atoms with Gasteiger partial charge in [0.15, 0.2) is 0 Å². The normalized spacial score (nSPS) is 12.4. The van der Waals surface area contributed by atoms with Crippen molar-refractivity contribution in [1.82, 2.24) is 15.1 Å². The molecule has 2 rings (SSSR count). The summed E-state index contributed by atoms with van der Waals surface area (Å²) in [5.74, 6) is 0.933. The molecule has 1 aromatic heterocycles. The largest absolute Gasteiger partial charge is 0.496 e. The lowest BCUT2D eigenvalue weighted by Gasteiger charge is -2.19. The third-order valence-electron chi connectivity index (χ3n) is 3.22. The van der Waals surface area contributed by atoms with Crippen LogP contribution < -0.4 is 10.1 Å². The van der Waals surface area contributed by atoms with Crippen LogP contribution in [0.5, 0.6) is 5.75 Å². The maximum Gasteiger partial charge on any atom is 0.123 e. The molecule has 1 atom stereocenters. The summed E-state index contributed by atoms with van der Waals surface area (Å²) < 4.78 is 7.25. The van der Waals surface area contributed by atoms with Crippen LogP contribution >= 0.6 is 0 Å². The fourth-order valence-corrected chi connectivity index (χ4v) is 2.21. The van der Waals surface area contributed by atoms with Crippen molar-refractivity contribution in [3.63, 3.8) is 0 Å². The van der Waals surface area contributed by atoms with E-state index in [1.807, 2.05) is 42.2 Å². The molecule has 19 heavy (non-hydrogen) atoms. The molecule has 1 unspecified atom stereocenters. The molecule has 102 valence electrons. The number of nitrogens with zero attached hydrogens (tertiary/aromatic N) is 2. The van der Waals surface area contributed by atoms with Gasteiger partial charge in [0.05, 0.1) is 12.8 Å². The van der Waals surface area contributed by atoms with Gasteiger partial charge in [-0.15, -0.1) is 0 Å². The summed E-state index contributed by atoms with van der Waals surface area (Å²) in [6.45, 7) is 2.93. The van der Waals surface area contributed by atoms with Crippen molar-refractivity contribution in [1.29, 1.82) is 0 Å². The average Bonchev–Trinajstić information content (AvgIpc) is 2.86. The number of aromatic nitrogens is 2. The zero-order valence-corrected chi connectivity index (χ0v) is 11.8. The highest BCUT2D eigenvalue weighted by atomic mass is 16.5. The Morgan fingerprint density at radius 2 is 2.11 bits per heavy atom. The summed E-state index contributed by atoms with van der Waals surface area (Å²) in [4.78, 5) is 0. The van der Waals surface area contributed by atoms with Crippen molar-refractivity contribution >= 4 is 0 Å². The highest BCUT2D eigenvalue weighted by molar-refractivity contribution is 5.35. The number of methoxy groups -OCH3 is 1. The van der Waals surface area contributed by atoms with E-state index in [2.05, 4.69) is 23.4 Å². The fraction of sp³-hybridized carbons (Fsp3) is 0.400. The van der Waals surface area contributed by atoms with E-state index in [1.165, 1.54) is 5.56 Å². The van der Waals surface area contributed by atoms with E-state index in [0.29, 0.717) is 0 Å². The SMILES string of the molecule is CCC(NCc1ccn(C)n1)c1ccccc1OC. The van der Waals surface area contributed by atoms with Crippen molar-refractivity contribution in [2.75, 3.05) is 7.11 Å². The molecule has 0 amide bonds. The first kappa shape index (κ1) is 13.6. The molecule has 1 N–H and O–H groups in total. The second-order valence-corrected chi connectivity index (χ2v) is 4.56. The lowest BCUT2D eigenvalue weighted by molar-refractivity contribution is 0.396. The van der Waals surface area contributed by atoms with E-state index in [4.69, 9.17) is 4.74 Å². The topological polar surface area (TPSA) is 39.1 Å². The van der Waals surface area contributed by atoms with Gasteiger partial charge in [0, 0.05) is 31.4 Å². The van der Waals surface area contributed by atoms with E-state index < -0.39 is 0 Å². The standard InChI is InChI=1S/C15H21N3O/c1-4-14(13-7-5-6-8-15(13)19-3)16-11-12-9-10-18(2)17-12/h5-10,14,16H,4,11H2,1-3H3. The number of rotatable bonds is 6. The Morgan fingerprint density at radius 3 is 2.74 bits per heavy atom. The highest BCUT2D eigenvalue weighted by Crippen LogP contribution is 2.26. The Balaban J connectivity index is 2.07.